The van der Waals surface area contributed by atoms with E-state index in [9.17, 15) is 4.79 Å². The highest BCUT2D eigenvalue weighted by Crippen LogP contribution is 2.39. The largest absolute Gasteiger partial charge is 0.449 e. The Morgan fingerprint density at radius 3 is 2.81 bits per heavy atom. The number of aromatic nitrogens is 3. The van der Waals surface area contributed by atoms with Crippen molar-refractivity contribution in [3.63, 3.8) is 0 Å². The quantitative estimate of drug-likeness (QED) is 0.823. The maximum atomic E-state index is 12.4. The van der Waals surface area contributed by atoms with Crippen LogP contribution in [0.5, 0.6) is 0 Å². The molecular formula is C19H33N5O2. The minimum absolute atomic E-state index is 0.00391. The fourth-order valence-corrected chi connectivity index (χ4v) is 4.11. The van der Waals surface area contributed by atoms with Gasteiger partial charge in [0.05, 0.1) is 13.2 Å². The van der Waals surface area contributed by atoms with E-state index in [1.165, 1.54) is 12.8 Å². The molecule has 0 radical (unpaired) electrons. The maximum Gasteiger partial charge on any atom is 0.409 e. The normalized spacial score (nSPS) is 24.4. The summed E-state index contributed by atoms with van der Waals surface area (Å²) in [5.41, 5.74) is 0.208. The highest BCUT2D eigenvalue weighted by atomic mass is 16.6. The molecule has 7 nitrogen and oxygen atoms in total. The zero-order valence-electron chi connectivity index (χ0n) is 16.7. The van der Waals surface area contributed by atoms with Gasteiger partial charge in [-0.15, -0.1) is 0 Å². The number of piperidine rings is 1. The number of hydrogen-bond donors (Lipinski definition) is 0. The summed E-state index contributed by atoms with van der Waals surface area (Å²) in [5, 5.41) is 4.27. The van der Waals surface area contributed by atoms with Crippen LogP contribution < -0.4 is 0 Å². The molecule has 0 bridgehead atoms. The van der Waals surface area contributed by atoms with Crippen LogP contribution in [0.3, 0.4) is 0 Å². The predicted molar refractivity (Wildman–Crippen MR) is 99.6 cm³/mol. The van der Waals surface area contributed by atoms with Crippen molar-refractivity contribution in [1.29, 1.82) is 0 Å². The van der Waals surface area contributed by atoms with E-state index in [4.69, 9.17) is 4.74 Å². The third-order valence-electron chi connectivity index (χ3n) is 5.43. The summed E-state index contributed by atoms with van der Waals surface area (Å²) in [5.74, 6) is 1.03. The van der Waals surface area contributed by atoms with Crippen LogP contribution >= 0.6 is 0 Å². The SMILES string of the molecule is CCn1ncnc1CN1CCCC2(CCN(C(=O)OCC(C)(C)C)C2)C1. The van der Waals surface area contributed by atoms with Crippen molar-refractivity contribution in [2.75, 3.05) is 32.8 Å². The Morgan fingerprint density at radius 2 is 2.08 bits per heavy atom. The maximum absolute atomic E-state index is 12.4. The molecule has 26 heavy (non-hydrogen) atoms. The Kier molecular flexibility index (Phi) is 5.55. The topological polar surface area (TPSA) is 63.5 Å². The molecule has 146 valence electrons. The monoisotopic (exact) mass is 363 g/mol. The first-order valence-electron chi connectivity index (χ1n) is 9.81. The van der Waals surface area contributed by atoms with Gasteiger partial charge in [-0.1, -0.05) is 20.8 Å². The van der Waals surface area contributed by atoms with Crippen molar-refractivity contribution in [3.05, 3.63) is 12.2 Å². The van der Waals surface area contributed by atoms with Gasteiger partial charge < -0.3 is 9.64 Å². The molecule has 0 N–H and O–H groups in total. The van der Waals surface area contributed by atoms with Gasteiger partial charge >= 0.3 is 6.09 Å². The first-order valence-corrected chi connectivity index (χ1v) is 9.81. The summed E-state index contributed by atoms with van der Waals surface area (Å²) >= 11 is 0. The second-order valence-electron chi connectivity index (χ2n) is 9.09. The predicted octanol–water partition coefficient (Wildman–Crippen LogP) is 2.77. The summed E-state index contributed by atoms with van der Waals surface area (Å²) in [7, 11) is 0. The van der Waals surface area contributed by atoms with Crippen LogP contribution in [0.25, 0.3) is 0 Å². The molecular weight excluding hydrogens is 330 g/mol. The van der Waals surface area contributed by atoms with Gasteiger partial charge in [0, 0.05) is 31.6 Å². The first-order chi connectivity index (χ1) is 12.3. The smallest absolute Gasteiger partial charge is 0.409 e. The van der Waals surface area contributed by atoms with Crippen molar-refractivity contribution in [2.24, 2.45) is 10.8 Å². The summed E-state index contributed by atoms with van der Waals surface area (Å²) < 4.78 is 7.48. The molecule has 2 fully saturated rings. The second kappa shape index (κ2) is 7.55. The molecule has 0 aliphatic carbocycles. The molecule has 1 aromatic rings. The fraction of sp³-hybridized carbons (Fsp3) is 0.842. The van der Waals surface area contributed by atoms with E-state index >= 15 is 0 Å². The van der Waals surface area contributed by atoms with E-state index in [1.807, 2.05) is 9.58 Å². The number of carbonyl (C=O) groups is 1. The van der Waals surface area contributed by atoms with Crippen LogP contribution in [0.2, 0.25) is 0 Å². The molecule has 1 spiro atoms. The number of rotatable bonds is 4. The molecule has 1 aromatic heterocycles. The molecule has 1 amide bonds. The van der Waals surface area contributed by atoms with E-state index in [0.29, 0.717) is 6.61 Å². The molecule has 3 heterocycles. The van der Waals surface area contributed by atoms with Gasteiger partial charge in [-0.3, -0.25) is 4.90 Å². The summed E-state index contributed by atoms with van der Waals surface area (Å²) in [6, 6.07) is 0. The molecule has 2 saturated heterocycles. The van der Waals surface area contributed by atoms with E-state index in [1.54, 1.807) is 6.33 Å². The zero-order valence-corrected chi connectivity index (χ0v) is 16.7. The number of aryl methyl sites for hydroxylation is 1. The standard InChI is InChI=1S/C19H33N5O2/c1-5-24-16(20-15-21-24)11-22-9-6-7-19(12-22)8-10-23(13-19)17(25)26-14-18(2,3)4/h15H,5-14H2,1-4H3. The lowest BCUT2D eigenvalue weighted by Gasteiger charge is -2.40. The lowest BCUT2D eigenvalue weighted by atomic mass is 9.79. The second-order valence-corrected chi connectivity index (χ2v) is 9.09. The van der Waals surface area contributed by atoms with E-state index in [0.717, 1.165) is 51.5 Å². The first kappa shape index (κ1) is 19.1. The van der Waals surface area contributed by atoms with Gasteiger partial charge in [0.1, 0.15) is 12.2 Å². The molecule has 0 saturated carbocycles. The third-order valence-corrected chi connectivity index (χ3v) is 5.43. The highest BCUT2D eigenvalue weighted by molar-refractivity contribution is 5.68. The minimum atomic E-state index is -0.153. The minimum Gasteiger partial charge on any atom is -0.449 e. The van der Waals surface area contributed by atoms with Gasteiger partial charge in [-0.25, -0.2) is 14.5 Å². The van der Waals surface area contributed by atoms with E-state index in [-0.39, 0.29) is 16.9 Å². The number of hydrogen-bond acceptors (Lipinski definition) is 5. The van der Waals surface area contributed by atoms with Gasteiger partial charge in [0.25, 0.3) is 0 Å². The van der Waals surface area contributed by atoms with Crippen LogP contribution in [0, 0.1) is 10.8 Å². The fourth-order valence-electron chi connectivity index (χ4n) is 4.11. The Hall–Kier alpha value is -1.63. The molecule has 2 aliphatic rings. The summed E-state index contributed by atoms with van der Waals surface area (Å²) in [6.45, 7) is 14.2. The van der Waals surface area contributed by atoms with Crippen molar-refractivity contribution < 1.29 is 9.53 Å². The average molecular weight is 364 g/mol. The Morgan fingerprint density at radius 1 is 1.27 bits per heavy atom. The van der Waals surface area contributed by atoms with Gasteiger partial charge in [-0.05, 0) is 38.1 Å². The number of amides is 1. The number of likely N-dealkylation sites (tertiary alicyclic amines) is 2. The average Bonchev–Trinajstić information content (AvgIpc) is 3.19. The van der Waals surface area contributed by atoms with Crippen LogP contribution in [0.4, 0.5) is 4.79 Å². The van der Waals surface area contributed by atoms with Crippen molar-refractivity contribution in [3.8, 4) is 0 Å². The lowest BCUT2D eigenvalue weighted by Crippen LogP contribution is -2.45. The summed E-state index contributed by atoms with van der Waals surface area (Å²) in [6.07, 6.45) is 4.91. The van der Waals surface area contributed by atoms with Gasteiger partial charge in [-0.2, -0.15) is 5.10 Å². The Labute approximate surface area is 156 Å². The molecule has 1 atom stereocenters. The number of nitrogens with zero attached hydrogens (tertiary/aromatic N) is 5. The van der Waals surface area contributed by atoms with Crippen LogP contribution in [-0.4, -0.2) is 63.4 Å². The summed E-state index contributed by atoms with van der Waals surface area (Å²) in [4.78, 5) is 21.2. The van der Waals surface area contributed by atoms with Crippen molar-refractivity contribution in [1.82, 2.24) is 24.6 Å². The zero-order chi connectivity index (χ0) is 18.8. The number of carbonyl (C=O) groups excluding carboxylic acids is 1. The van der Waals surface area contributed by atoms with Crippen molar-refractivity contribution >= 4 is 6.09 Å². The van der Waals surface area contributed by atoms with Crippen LogP contribution in [-0.2, 0) is 17.8 Å². The molecule has 0 aromatic carbocycles. The third kappa shape index (κ3) is 4.55. The molecule has 7 heteroatoms. The molecule has 1 unspecified atom stereocenters. The lowest BCUT2D eigenvalue weighted by molar-refractivity contribution is 0.0614. The van der Waals surface area contributed by atoms with Crippen LogP contribution in [0.1, 0.15) is 52.8 Å². The van der Waals surface area contributed by atoms with Crippen molar-refractivity contribution in [2.45, 2.75) is 60.0 Å². The van der Waals surface area contributed by atoms with Gasteiger partial charge in [0.2, 0.25) is 0 Å². The molecule has 3 rings (SSSR count). The Bertz CT molecular complexity index is 624. The van der Waals surface area contributed by atoms with Crippen LogP contribution in [0.15, 0.2) is 6.33 Å². The Balaban J connectivity index is 1.56. The highest BCUT2D eigenvalue weighted by Gasteiger charge is 2.43. The molecule has 2 aliphatic heterocycles. The van der Waals surface area contributed by atoms with E-state index < -0.39 is 0 Å². The number of ether oxygens (including phenoxy) is 1. The van der Waals surface area contributed by atoms with E-state index in [2.05, 4.69) is 42.7 Å². The van der Waals surface area contributed by atoms with Gasteiger partial charge in [0.15, 0.2) is 0 Å².